The fourth-order valence-electron chi connectivity index (χ4n) is 1.61. The van der Waals surface area contributed by atoms with Crippen molar-refractivity contribution in [3.05, 3.63) is 23.2 Å². The third-order valence-electron chi connectivity index (χ3n) is 2.51. The van der Waals surface area contributed by atoms with Crippen LogP contribution in [-0.2, 0) is 14.8 Å². The molecule has 1 heterocycles. The molecule has 6 nitrogen and oxygen atoms in total. The third-order valence-corrected chi connectivity index (χ3v) is 4.36. The summed E-state index contributed by atoms with van der Waals surface area (Å²) in [6, 6.07) is 4.30. The van der Waals surface area contributed by atoms with Gasteiger partial charge in [-0.05, 0) is 18.2 Å². The van der Waals surface area contributed by atoms with E-state index in [2.05, 4.69) is 4.83 Å². The lowest BCUT2D eigenvalue weighted by atomic mass is 10.3. The van der Waals surface area contributed by atoms with E-state index < -0.39 is 10.0 Å². The second kappa shape index (κ2) is 5.41. The smallest absolute Gasteiger partial charge is 0.254 e. The van der Waals surface area contributed by atoms with Gasteiger partial charge in [0.2, 0.25) is 0 Å². The SMILES string of the molecule is Nc1ccc(S(=O)(=O)NN2CCOCC2)c(Cl)c1. The average molecular weight is 292 g/mol. The average Bonchev–Trinajstić information content (AvgIpc) is 2.29. The van der Waals surface area contributed by atoms with Gasteiger partial charge in [-0.15, -0.1) is 4.83 Å². The molecule has 0 aromatic heterocycles. The first-order valence-corrected chi connectivity index (χ1v) is 7.25. The van der Waals surface area contributed by atoms with Gasteiger partial charge in [0.25, 0.3) is 10.0 Å². The van der Waals surface area contributed by atoms with E-state index in [1.165, 1.54) is 18.2 Å². The van der Waals surface area contributed by atoms with Crippen LogP contribution >= 0.6 is 11.6 Å². The van der Waals surface area contributed by atoms with E-state index in [1.54, 1.807) is 5.01 Å². The Balaban J connectivity index is 2.19. The molecule has 0 radical (unpaired) electrons. The van der Waals surface area contributed by atoms with Crippen LogP contribution in [0.3, 0.4) is 0 Å². The Labute approximate surface area is 111 Å². The van der Waals surface area contributed by atoms with Crippen molar-refractivity contribution in [3.8, 4) is 0 Å². The fourth-order valence-corrected chi connectivity index (χ4v) is 3.29. The molecule has 1 aliphatic heterocycles. The second-order valence-electron chi connectivity index (χ2n) is 3.88. The maximum atomic E-state index is 12.1. The number of nitrogens with one attached hydrogen (secondary N) is 1. The lowest BCUT2D eigenvalue weighted by Crippen LogP contribution is -2.48. The molecule has 3 N–H and O–H groups in total. The maximum absolute atomic E-state index is 12.1. The first kappa shape index (κ1) is 13.6. The molecular weight excluding hydrogens is 278 g/mol. The van der Waals surface area contributed by atoms with Crippen LogP contribution in [0.5, 0.6) is 0 Å². The number of anilines is 1. The number of morpholine rings is 1. The van der Waals surface area contributed by atoms with Crippen molar-refractivity contribution >= 4 is 27.3 Å². The zero-order chi connectivity index (χ0) is 13.2. The summed E-state index contributed by atoms with van der Waals surface area (Å²) in [6.45, 7) is 2.01. The van der Waals surface area contributed by atoms with Gasteiger partial charge in [0, 0.05) is 18.8 Å². The van der Waals surface area contributed by atoms with Crippen molar-refractivity contribution in [1.82, 2.24) is 9.84 Å². The largest absolute Gasteiger partial charge is 0.399 e. The molecule has 0 atom stereocenters. The summed E-state index contributed by atoms with van der Waals surface area (Å²) in [5, 5.41) is 1.70. The first-order chi connectivity index (χ1) is 8.49. The topological polar surface area (TPSA) is 84.7 Å². The van der Waals surface area contributed by atoms with Crippen molar-refractivity contribution < 1.29 is 13.2 Å². The zero-order valence-electron chi connectivity index (χ0n) is 9.60. The third kappa shape index (κ3) is 3.12. The number of nitrogens with zero attached hydrogens (tertiary/aromatic N) is 1. The van der Waals surface area contributed by atoms with Gasteiger partial charge in [0.05, 0.1) is 18.2 Å². The van der Waals surface area contributed by atoms with Gasteiger partial charge in [-0.3, -0.25) is 0 Å². The van der Waals surface area contributed by atoms with Gasteiger partial charge in [-0.25, -0.2) is 13.4 Å². The first-order valence-electron chi connectivity index (χ1n) is 5.39. The molecule has 0 spiro atoms. The minimum absolute atomic E-state index is 0.0184. The molecule has 0 amide bonds. The highest BCUT2D eigenvalue weighted by molar-refractivity contribution is 7.89. The Kier molecular flexibility index (Phi) is 4.08. The van der Waals surface area contributed by atoms with Crippen LogP contribution in [0.25, 0.3) is 0 Å². The van der Waals surface area contributed by atoms with E-state index in [0.29, 0.717) is 32.0 Å². The second-order valence-corrected chi connectivity index (χ2v) is 5.92. The summed E-state index contributed by atoms with van der Waals surface area (Å²) >= 11 is 5.89. The number of ether oxygens (including phenoxy) is 1. The molecule has 8 heteroatoms. The van der Waals surface area contributed by atoms with Crippen LogP contribution in [0.1, 0.15) is 0 Å². The summed E-state index contributed by atoms with van der Waals surface area (Å²) in [5.74, 6) is 0. The minimum Gasteiger partial charge on any atom is -0.399 e. The van der Waals surface area contributed by atoms with Crippen LogP contribution in [-0.4, -0.2) is 39.7 Å². The Bertz CT molecular complexity index is 529. The lowest BCUT2D eigenvalue weighted by Gasteiger charge is -2.26. The summed E-state index contributed by atoms with van der Waals surface area (Å²) in [7, 11) is -3.67. The van der Waals surface area contributed by atoms with E-state index in [9.17, 15) is 8.42 Å². The highest BCUT2D eigenvalue weighted by atomic mass is 35.5. The summed E-state index contributed by atoms with van der Waals surface area (Å²) < 4.78 is 29.4. The number of hydrogen-bond acceptors (Lipinski definition) is 5. The fraction of sp³-hybridized carbons (Fsp3) is 0.400. The number of nitrogen functional groups attached to an aromatic ring is 1. The van der Waals surface area contributed by atoms with Crippen molar-refractivity contribution in [1.29, 1.82) is 0 Å². The molecule has 0 aliphatic carbocycles. The molecule has 2 rings (SSSR count). The van der Waals surface area contributed by atoms with E-state index in [4.69, 9.17) is 22.1 Å². The van der Waals surface area contributed by atoms with Crippen molar-refractivity contribution in [2.45, 2.75) is 4.90 Å². The molecule has 100 valence electrons. The number of hydrogen-bond donors (Lipinski definition) is 2. The molecule has 1 aromatic carbocycles. The highest BCUT2D eigenvalue weighted by Crippen LogP contribution is 2.23. The van der Waals surface area contributed by atoms with Gasteiger partial charge < -0.3 is 10.5 Å². The number of hydrazine groups is 1. The predicted molar refractivity (Wildman–Crippen MR) is 68.6 cm³/mol. The molecule has 1 aromatic rings. The minimum atomic E-state index is -3.67. The predicted octanol–water partition coefficient (Wildman–Crippen LogP) is 0.448. The van der Waals surface area contributed by atoms with E-state index in [0.717, 1.165) is 0 Å². The van der Waals surface area contributed by atoms with Crippen LogP contribution in [0, 0.1) is 0 Å². The number of sulfonamides is 1. The van der Waals surface area contributed by atoms with Crippen molar-refractivity contribution in [2.75, 3.05) is 32.0 Å². The molecule has 0 unspecified atom stereocenters. The van der Waals surface area contributed by atoms with Crippen LogP contribution in [0.4, 0.5) is 5.69 Å². The molecule has 0 bridgehead atoms. The zero-order valence-corrected chi connectivity index (χ0v) is 11.2. The molecule has 18 heavy (non-hydrogen) atoms. The quantitative estimate of drug-likeness (QED) is 0.790. The van der Waals surface area contributed by atoms with Gasteiger partial charge in [-0.2, -0.15) is 0 Å². The van der Waals surface area contributed by atoms with Gasteiger partial charge in [-0.1, -0.05) is 11.6 Å². The van der Waals surface area contributed by atoms with Crippen LogP contribution in [0.15, 0.2) is 23.1 Å². The summed E-state index contributed by atoms with van der Waals surface area (Å²) in [6.07, 6.45) is 0. The normalized spacial score (nSPS) is 17.8. The number of nitrogens with two attached hydrogens (primary N) is 1. The molecular formula is C10H14ClN3O3S. The Morgan fingerprint density at radius 3 is 2.61 bits per heavy atom. The van der Waals surface area contributed by atoms with E-state index in [-0.39, 0.29) is 9.92 Å². The van der Waals surface area contributed by atoms with Crippen LogP contribution in [0.2, 0.25) is 5.02 Å². The van der Waals surface area contributed by atoms with Crippen molar-refractivity contribution in [2.24, 2.45) is 0 Å². The Hall–Kier alpha value is -0.860. The Morgan fingerprint density at radius 1 is 1.33 bits per heavy atom. The molecule has 1 fully saturated rings. The highest BCUT2D eigenvalue weighted by Gasteiger charge is 2.22. The lowest BCUT2D eigenvalue weighted by molar-refractivity contribution is 0.0272. The maximum Gasteiger partial charge on any atom is 0.254 e. The molecule has 1 aliphatic rings. The van der Waals surface area contributed by atoms with Gasteiger partial charge in [0.1, 0.15) is 4.90 Å². The van der Waals surface area contributed by atoms with Gasteiger partial charge in [0.15, 0.2) is 0 Å². The number of halogens is 1. The van der Waals surface area contributed by atoms with E-state index in [1.807, 2.05) is 0 Å². The Morgan fingerprint density at radius 2 is 2.00 bits per heavy atom. The summed E-state index contributed by atoms with van der Waals surface area (Å²) in [4.78, 5) is 2.49. The van der Waals surface area contributed by atoms with Crippen molar-refractivity contribution in [3.63, 3.8) is 0 Å². The molecule has 1 saturated heterocycles. The molecule has 0 saturated carbocycles. The number of benzene rings is 1. The van der Waals surface area contributed by atoms with E-state index >= 15 is 0 Å². The number of rotatable bonds is 3. The monoisotopic (exact) mass is 291 g/mol. The standard InChI is InChI=1S/C10H14ClN3O3S/c11-9-7-8(12)1-2-10(9)18(15,16)13-14-3-5-17-6-4-14/h1-2,7,13H,3-6,12H2. The van der Waals surface area contributed by atoms with Crippen LogP contribution < -0.4 is 10.6 Å². The van der Waals surface area contributed by atoms with Gasteiger partial charge >= 0.3 is 0 Å². The summed E-state index contributed by atoms with van der Waals surface area (Å²) in [5.41, 5.74) is 5.95.